The number of pyridine rings is 1. The quantitative estimate of drug-likeness (QED) is 0.738. The van der Waals surface area contributed by atoms with Gasteiger partial charge in [0.05, 0.1) is 5.56 Å². The van der Waals surface area contributed by atoms with Gasteiger partial charge < -0.3 is 9.80 Å². The Bertz CT molecular complexity index is 922. The van der Waals surface area contributed by atoms with Crippen molar-refractivity contribution in [2.75, 3.05) is 42.2 Å². The number of sulfone groups is 1. The van der Waals surface area contributed by atoms with Crippen LogP contribution in [0.3, 0.4) is 0 Å². The van der Waals surface area contributed by atoms with Crippen LogP contribution in [0, 0.1) is 5.82 Å². The molecule has 2 heterocycles. The number of nitrogens with zero attached hydrogens (tertiary/aromatic N) is 3. The molecule has 27 heavy (non-hydrogen) atoms. The number of aromatic nitrogens is 1. The van der Waals surface area contributed by atoms with Crippen molar-refractivity contribution in [3.63, 3.8) is 0 Å². The molecule has 1 aromatic carbocycles. The minimum Gasteiger partial charge on any atom is -0.368 e. The number of hydrogen-bond donors (Lipinski definition) is 0. The van der Waals surface area contributed by atoms with E-state index in [1.54, 1.807) is 0 Å². The van der Waals surface area contributed by atoms with Crippen LogP contribution in [-0.2, 0) is 16.0 Å². The lowest BCUT2D eigenvalue weighted by atomic mass is 10.2. The first-order chi connectivity index (χ1) is 12.6. The molecule has 0 atom stereocenters. The maximum absolute atomic E-state index is 13.7. The highest BCUT2D eigenvalue weighted by Crippen LogP contribution is 2.30. The third-order valence-corrected chi connectivity index (χ3v) is 5.47. The molecule has 0 unspecified atom stereocenters. The summed E-state index contributed by atoms with van der Waals surface area (Å²) in [5.74, 6) is -0.354. The first-order valence-electron chi connectivity index (χ1n) is 8.08. The van der Waals surface area contributed by atoms with E-state index in [1.165, 1.54) is 18.2 Å². The Hall–Kier alpha value is -2.36. The van der Waals surface area contributed by atoms with Crippen molar-refractivity contribution >= 4 is 21.3 Å². The van der Waals surface area contributed by atoms with Crippen molar-refractivity contribution in [2.45, 2.75) is 11.1 Å². The second kappa shape index (κ2) is 6.99. The molecular weight excluding hydrogens is 386 g/mol. The van der Waals surface area contributed by atoms with Crippen LogP contribution in [-0.4, -0.2) is 45.8 Å². The van der Waals surface area contributed by atoms with Crippen molar-refractivity contribution in [2.24, 2.45) is 0 Å². The van der Waals surface area contributed by atoms with Gasteiger partial charge in [-0.15, -0.1) is 0 Å². The summed E-state index contributed by atoms with van der Waals surface area (Å²) in [6, 6.07) is 6.26. The van der Waals surface area contributed by atoms with Crippen LogP contribution in [0.4, 0.5) is 29.1 Å². The Labute approximate surface area is 154 Å². The molecule has 5 nitrogen and oxygen atoms in total. The fourth-order valence-corrected chi connectivity index (χ4v) is 3.66. The number of piperazine rings is 1. The second-order valence-corrected chi connectivity index (χ2v) is 8.25. The molecule has 2 aromatic rings. The van der Waals surface area contributed by atoms with E-state index in [4.69, 9.17) is 0 Å². The average Bonchev–Trinajstić information content (AvgIpc) is 2.61. The van der Waals surface area contributed by atoms with Gasteiger partial charge in [-0.1, -0.05) is 0 Å². The summed E-state index contributed by atoms with van der Waals surface area (Å²) in [6.45, 7) is 1.98. The summed E-state index contributed by atoms with van der Waals surface area (Å²) >= 11 is 0. The first kappa shape index (κ1) is 19.4. The van der Waals surface area contributed by atoms with E-state index < -0.39 is 27.4 Å². The molecule has 1 fully saturated rings. The standard InChI is InChI=1S/C17H17F4N3O2S/c1-27(25,26)15-10-13(3-4-14(15)18)23-6-8-24(9-7-23)16-5-2-12(11-22-16)17(19,20)21/h2-5,10-11H,6-9H2,1H3. The monoisotopic (exact) mass is 403 g/mol. The lowest BCUT2D eigenvalue weighted by molar-refractivity contribution is -0.137. The van der Waals surface area contributed by atoms with Crippen molar-refractivity contribution in [3.8, 4) is 0 Å². The summed E-state index contributed by atoms with van der Waals surface area (Å²) in [4.78, 5) is 7.27. The summed E-state index contributed by atoms with van der Waals surface area (Å²) < 4.78 is 74.9. The lowest BCUT2D eigenvalue weighted by Crippen LogP contribution is -2.46. The number of benzene rings is 1. The van der Waals surface area contributed by atoms with Crippen LogP contribution >= 0.6 is 0 Å². The van der Waals surface area contributed by atoms with Gasteiger partial charge in [-0.05, 0) is 30.3 Å². The number of halogens is 4. The molecular formula is C17H17F4N3O2S. The first-order valence-corrected chi connectivity index (χ1v) is 9.97. The smallest absolute Gasteiger partial charge is 0.368 e. The van der Waals surface area contributed by atoms with Crippen LogP contribution in [0.25, 0.3) is 0 Å². The minimum atomic E-state index is -4.43. The predicted molar refractivity (Wildman–Crippen MR) is 93.2 cm³/mol. The van der Waals surface area contributed by atoms with Crippen LogP contribution in [0.15, 0.2) is 41.4 Å². The highest BCUT2D eigenvalue weighted by atomic mass is 32.2. The number of anilines is 2. The highest BCUT2D eigenvalue weighted by Gasteiger charge is 2.31. The van der Waals surface area contributed by atoms with Gasteiger partial charge in [0.2, 0.25) is 0 Å². The predicted octanol–water partition coefficient (Wildman–Crippen LogP) is 2.97. The largest absolute Gasteiger partial charge is 0.417 e. The maximum atomic E-state index is 13.7. The van der Waals surface area contributed by atoms with Crippen LogP contribution < -0.4 is 9.80 Å². The Morgan fingerprint density at radius 2 is 1.63 bits per heavy atom. The van der Waals surface area contributed by atoms with Gasteiger partial charge in [-0.3, -0.25) is 0 Å². The van der Waals surface area contributed by atoms with Gasteiger partial charge in [0.15, 0.2) is 9.84 Å². The van der Waals surface area contributed by atoms with E-state index in [2.05, 4.69) is 4.98 Å². The maximum Gasteiger partial charge on any atom is 0.417 e. The molecule has 146 valence electrons. The summed E-state index contributed by atoms with van der Waals surface area (Å²) in [5, 5.41) is 0. The van der Waals surface area contributed by atoms with Crippen LogP contribution in [0.5, 0.6) is 0 Å². The Morgan fingerprint density at radius 3 is 2.15 bits per heavy atom. The molecule has 10 heteroatoms. The van der Waals surface area contributed by atoms with Crippen molar-refractivity contribution in [1.82, 2.24) is 4.98 Å². The molecule has 3 rings (SSSR count). The van der Waals surface area contributed by atoms with E-state index in [0.29, 0.717) is 37.7 Å². The van der Waals surface area contributed by atoms with Crippen molar-refractivity contribution < 1.29 is 26.0 Å². The van der Waals surface area contributed by atoms with Crippen LogP contribution in [0.1, 0.15) is 5.56 Å². The average molecular weight is 403 g/mol. The molecule has 1 saturated heterocycles. The highest BCUT2D eigenvalue weighted by molar-refractivity contribution is 7.90. The molecule has 0 aliphatic carbocycles. The molecule has 0 spiro atoms. The van der Waals surface area contributed by atoms with Gasteiger partial charge in [-0.2, -0.15) is 13.2 Å². The topological polar surface area (TPSA) is 53.5 Å². The Balaban J connectivity index is 1.71. The molecule has 1 aromatic heterocycles. The van der Waals surface area contributed by atoms with Gasteiger partial charge in [0.25, 0.3) is 0 Å². The van der Waals surface area contributed by atoms with E-state index in [1.807, 2.05) is 9.80 Å². The van der Waals surface area contributed by atoms with Gasteiger partial charge in [0.1, 0.15) is 16.5 Å². The van der Waals surface area contributed by atoms with E-state index in [9.17, 15) is 26.0 Å². The SMILES string of the molecule is CS(=O)(=O)c1cc(N2CCN(c3ccc(C(F)(F)F)cn3)CC2)ccc1F. The minimum absolute atomic E-state index is 0.355. The molecule has 1 aliphatic rings. The van der Waals surface area contributed by atoms with Crippen molar-refractivity contribution in [1.29, 1.82) is 0 Å². The Kier molecular flexibility index (Phi) is 5.02. The third kappa shape index (κ3) is 4.32. The molecule has 0 saturated carbocycles. The number of rotatable bonds is 3. The lowest BCUT2D eigenvalue weighted by Gasteiger charge is -2.37. The zero-order valence-electron chi connectivity index (χ0n) is 14.4. The van der Waals surface area contributed by atoms with Gasteiger partial charge in [-0.25, -0.2) is 17.8 Å². The zero-order chi connectivity index (χ0) is 19.8. The fourth-order valence-electron chi connectivity index (χ4n) is 2.91. The van der Waals surface area contributed by atoms with E-state index >= 15 is 0 Å². The summed E-state index contributed by atoms with van der Waals surface area (Å²) in [6.07, 6.45) is -2.67. The fraction of sp³-hybridized carbons (Fsp3) is 0.353. The molecule has 1 aliphatic heterocycles. The molecule has 0 radical (unpaired) electrons. The van der Waals surface area contributed by atoms with Gasteiger partial charge in [0, 0.05) is 44.3 Å². The molecule has 0 bridgehead atoms. The summed E-state index contributed by atoms with van der Waals surface area (Å²) in [7, 11) is -3.68. The van der Waals surface area contributed by atoms with E-state index in [0.717, 1.165) is 24.6 Å². The normalized spacial score (nSPS) is 15.9. The molecule has 0 N–H and O–H groups in total. The van der Waals surface area contributed by atoms with Crippen molar-refractivity contribution in [3.05, 3.63) is 47.9 Å². The second-order valence-electron chi connectivity index (χ2n) is 6.26. The number of alkyl halides is 3. The number of hydrogen-bond acceptors (Lipinski definition) is 5. The van der Waals surface area contributed by atoms with Crippen LogP contribution in [0.2, 0.25) is 0 Å². The van der Waals surface area contributed by atoms with Gasteiger partial charge >= 0.3 is 6.18 Å². The summed E-state index contributed by atoms with van der Waals surface area (Å²) in [5.41, 5.74) is -0.221. The molecule has 0 amide bonds. The third-order valence-electron chi connectivity index (χ3n) is 4.36. The zero-order valence-corrected chi connectivity index (χ0v) is 15.2. The Morgan fingerprint density at radius 1 is 1.00 bits per heavy atom. The van der Waals surface area contributed by atoms with E-state index in [-0.39, 0.29) is 4.90 Å².